The summed E-state index contributed by atoms with van der Waals surface area (Å²) in [5.74, 6) is -0.916. The van der Waals surface area contributed by atoms with Crippen molar-refractivity contribution in [3.8, 4) is 0 Å². The third-order valence-electron chi connectivity index (χ3n) is 3.61. The van der Waals surface area contributed by atoms with Gasteiger partial charge in [-0.2, -0.15) is 0 Å². The van der Waals surface area contributed by atoms with E-state index >= 15 is 0 Å². The number of carbonyl (C=O) groups is 3. The second-order valence-corrected chi connectivity index (χ2v) is 6.34. The Balaban J connectivity index is 2.17. The lowest BCUT2D eigenvalue weighted by Gasteiger charge is -2.29. The van der Waals surface area contributed by atoms with Crippen LogP contribution in [-0.4, -0.2) is 63.5 Å². The molecule has 0 saturated carbocycles. The lowest BCUT2D eigenvalue weighted by Crippen LogP contribution is -2.49. The molecule has 0 aromatic carbocycles. The molecule has 1 aliphatic heterocycles. The average molecular weight is 326 g/mol. The molecule has 1 aromatic rings. The van der Waals surface area contributed by atoms with E-state index < -0.39 is 17.9 Å². The number of carboxylic acid groups (broad SMARTS) is 1. The van der Waals surface area contributed by atoms with E-state index in [0.717, 1.165) is 6.26 Å². The van der Waals surface area contributed by atoms with E-state index in [-0.39, 0.29) is 23.3 Å². The quantitative estimate of drug-likeness (QED) is 0.898. The topological polar surface area (TPSA) is 91.1 Å². The predicted molar refractivity (Wildman–Crippen MR) is 80.9 cm³/mol. The van der Waals surface area contributed by atoms with Crippen LogP contribution in [0.1, 0.15) is 34.8 Å². The smallest absolute Gasteiger partial charge is 0.338 e. The van der Waals surface area contributed by atoms with E-state index in [0.29, 0.717) is 11.6 Å². The third-order valence-corrected chi connectivity index (χ3v) is 4.62. The number of hydrogen-bond donors (Lipinski definition) is 1. The van der Waals surface area contributed by atoms with Crippen LogP contribution in [0.4, 0.5) is 0 Å². The number of carboxylic acids is 1. The van der Waals surface area contributed by atoms with Gasteiger partial charge in [0, 0.05) is 24.9 Å². The van der Waals surface area contributed by atoms with Gasteiger partial charge in [0.25, 0.3) is 5.91 Å². The highest BCUT2D eigenvalue weighted by molar-refractivity contribution is 7.99. The first-order valence-corrected chi connectivity index (χ1v) is 7.95. The van der Waals surface area contributed by atoms with Gasteiger partial charge in [0.2, 0.25) is 5.91 Å². The number of furan rings is 1. The van der Waals surface area contributed by atoms with Crippen molar-refractivity contribution in [1.29, 1.82) is 0 Å². The molecule has 1 fully saturated rings. The van der Waals surface area contributed by atoms with Crippen molar-refractivity contribution < 1.29 is 23.9 Å². The average Bonchev–Trinajstić information content (AvgIpc) is 3.13. The summed E-state index contributed by atoms with van der Waals surface area (Å²) in [6, 6.07) is 0.669. The molecule has 7 nitrogen and oxygen atoms in total. The summed E-state index contributed by atoms with van der Waals surface area (Å²) in [5, 5.41) is 8.87. The summed E-state index contributed by atoms with van der Waals surface area (Å²) >= 11 is 1.48. The van der Waals surface area contributed by atoms with E-state index in [9.17, 15) is 14.4 Å². The number of thioether (sulfide) groups is 1. The molecule has 0 bridgehead atoms. The molecule has 1 unspecified atom stereocenters. The molecule has 0 radical (unpaired) electrons. The zero-order valence-electron chi connectivity index (χ0n) is 12.6. The summed E-state index contributed by atoms with van der Waals surface area (Å²) in [4.78, 5) is 38.8. The summed E-state index contributed by atoms with van der Waals surface area (Å²) < 4.78 is 5.03. The fraction of sp³-hybridized carbons (Fsp3) is 0.500. The second kappa shape index (κ2) is 6.43. The van der Waals surface area contributed by atoms with Crippen molar-refractivity contribution in [3.63, 3.8) is 0 Å². The Labute approximate surface area is 132 Å². The van der Waals surface area contributed by atoms with E-state index in [2.05, 4.69) is 0 Å². The Morgan fingerprint density at radius 3 is 2.68 bits per heavy atom. The molecular formula is C14H18N2O5S. The molecule has 0 spiro atoms. The molecule has 1 aliphatic rings. The minimum absolute atomic E-state index is 0.0391. The zero-order chi connectivity index (χ0) is 16.4. The van der Waals surface area contributed by atoms with E-state index in [1.54, 1.807) is 11.9 Å². The Morgan fingerprint density at radius 1 is 1.45 bits per heavy atom. The van der Waals surface area contributed by atoms with Gasteiger partial charge in [-0.05, 0) is 13.8 Å². The number of amides is 2. The molecule has 120 valence electrons. The number of rotatable bonds is 4. The first-order valence-electron chi connectivity index (χ1n) is 6.80. The van der Waals surface area contributed by atoms with Gasteiger partial charge in [-0.3, -0.25) is 9.59 Å². The maximum Gasteiger partial charge on any atom is 0.338 e. The summed E-state index contributed by atoms with van der Waals surface area (Å²) in [6.07, 6.45) is 1.02. The highest BCUT2D eigenvalue weighted by Crippen LogP contribution is 2.25. The van der Waals surface area contributed by atoms with Gasteiger partial charge < -0.3 is 19.3 Å². The summed E-state index contributed by atoms with van der Waals surface area (Å²) in [6.45, 7) is 3.80. The van der Waals surface area contributed by atoms with Crippen LogP contribution in [0.5, 0.6) is 0 Å². The van der Waals surface area contributed by atoms with Crippen LogP contribution in [0.2, 0.25) is 0 Å². The molecule has 1 N–H and O–H groups in total. The van der Waals surface area contributed by atoms with Gasteiger partial charge in [0.1, 0.15) is 12.3 Å². The Hall–Kier alpha value is -1.96. The van der Waals surface area contributed by atoms with Gasteiger partial charge in [0.05, 0.1) is 11.4 Å². The zero-order valence-corrected chi connectivity index (χ0v) is 13.4. The molecular weight excluding hydrogens is 308 g/mol. The Kier molecular flexibility index (Phi) is 4.80. The number of likely N-dealkylation sites (N-methyl/N-ethyl adjacent to an activating group) is 1. The van der Waals surface area contributed by atoms with Crippen molar-refractivity contribution in [1.82, 2.24) is 9.80 Å². The SMILES string of the molecule is CC(C)N(C)C(=O)C1CSCN1C(=O)c1cc(C(=O)O)co1. The van der Waals surface area contributed by atoms with Crippen LogP contribution in [0.3, 0.4) is 0 Å². The molecule has 1 saturated heterocycles. The van der Waals surface area contributed by atoms with Crippen molar-refractivity contribution >= 4 is 29.5 Å². The van der Waals surface area contributed by atoms with Crippen LogP contribution in [0.15, 0.2) is 16.7 Å². The number of nitrogens with zero attached hydrogens (tertiary/aromatic N) is 2. The highest BCUT2D eigenvalue weighted by atomic mass is 32.2. The molecule has 0 aliphatic carbocycles. The van der Waals surface area contributed by atoms with Crippen LogP contribution < -0.4 is 0 Å². The molecule has 1 aromatic heterocycles. The molecule has 2 heterocycles. The van der Waals surface area contributed by atoms with Crippen molar-refractivity contribution in [2.45, 2.75) is 25.9 Å². The maximum atomic E-state index is 12.4. The molecule has 2 amide bonds. The molecule has 22 heavy (non-hydrogen) atoms. The van der Waals surface area contributed by atoms with Crippen molar-refractivity contribution in [2.24, 2.45) is 0 Å². The van der Waals surface area contributed by atoms with Gasteiger partial charge in [-0.1, -0.05) is 0 Å². The van der Waals surface area contributed by atoms with E-state index in [1.807, 2.05) is 13.8 Å². The van der Waals surface area contributed by atoms with Crippen LogP contribution in [-0.2, 0) is 4.79 Å². The van der Waals surface area contributed by atoms with Gasteiger partial charge in [-0.15, -0.1) is 11.8 Å². The standard InChI is InChI=1S/C14H18N2O5S/c1-8(2)15(3)12(17)10-6-22-7-16(10)13(18)11-4-9(5-21-11)14(19)20/h4-5,8,10H,6-7H2,1-3H3,(H,19,20). The van der Waals surface area contributed by atoms with Crippen LogP contribution in [0.25, 0.3) is 0 Å². The molecule has 1 atom stereocenters. The van der Waals surface area contributed by atoms with Crippen LogP contribution >= 0.6 is 11.8 Å². The van der Waals surface area contributed by atoms with Crippen molar-refractivity contribution in [2.75, 3.05) is 18.7 Å². The first kappa shape index (κ1) is 16.4. The third kappa shape index (κ3) is 3.11. The number of hydrogen-bond acceptors (Lipinski definition) is 5. The van der Waals surface area contributed by atoms with Gasteiger partial charge in [0.15, 0.2) is 5.76 Å². The highest BCUT2D eigenvalue weighted by Gasteiger charge is 2.38. The fourth-order valence-corrected chi connectivity index (χ4v) is 3.18. The fourth-order valence-electron chi connectivity index (χ4n) is 2.04. The van der Waals surface area contributed by atoms with Gasteiger partial charge in [-0.25, -0.2) is 4.79 Å². The number of aromatic carboxylic acids is 1. The Morgan fingerprint density at radius 2 is 2.14 bits per heavy atom. The van der Waals surface area contributed by atoms with Crippen molar-refractivity contribution in [3.05, 3.63) is 23.7 Å². The Bertz CT molecular complexity index is 598. The largest absolute Gasteiger partial charge is 0.478 e. The normalized spacial score (nSPS) is 17.8. The summed E-state index contributed by atoms with van der Waals surface area (Å²) in [7, 11) is 1.70. The molecule has 8 heteroatoms. The lowest BCUT2D eigenvalue weighted by atomic mass is 10.2. The second-order valence-electron chi connectivity index (χ2n) is 5.34. The monoisotopic (exact) mass is 326 g/mol. The first-order chi connectivity index (χ1) is 10.3. The summed E-state index contributed by atoms with van der Waals surface area (Å²) in [5.41, 5.74) is -0.0858. The molecule has 2 rings (SSSR count). The maximum absolute atomic E-state index is 12.4. The number of carbonyl (C=O) groups excluding carboxylic acids is 2. The van der Waals surface area contributed by atoms with Gasteiger partial charge >= 0.3 is 5.97 Å². The minimum Gasteiger partial charge on any atom is -0.478 e. The predicted octanol–water partition coefficient (Wildman–Crippen LogP) is 1.36. The van der Waals surface area contributed by atoms with E-state index in [1.165, 1.54) is 22.7 Å². The van der Waals surface area contributed by atoms with Crippen LogP contribution in [0, 0.1) is 0 Å². The minimum atomic E-state index is -1.16. The van der Waals surface area contributed by atoms with E-state index in [4.69, 9.17) is 9.52 Å². The lowest BCUT2D eigenvalue weighted by molar-refractivity contribution is -0.135.